The molecule has 0 fully saturated rings. The van der Waals surface area contributed by atoms with Crippen molar-refractivity contribution in [2.75, 3.05) is 0 Å². The van der Waals surface area contributed by atoms with Crippen molar-refractivity contribution in [2.24, 2.45) is 0 Å². The molecule has 2 heterocycles. The van der Waals surface area contributed by atoms with Crippen LogP contribution in [0.2, 0.25) is 10.0 Å². The van der Waals surface area contributed by atoms with E-state index in [4.69, 9.17) is 23.2 Å². The fraction of sp³-hybridized carbons (Fsp3) is 0.393. The molecule has 0 spiro atoms. The van der Waals surface area contributed by atoms with E-state index in [1.807, 2.05) is 17.1 Å². The van der Waals surface area contributed by atoms with Gasteiger partial charge >= 0.3 is 18.2 Å². The average molecular weight is 687 g/mol. The van der Waals surface area contributed by atoms with E-state index in [0.29, 0.717) is 33.3 Å². The van der Waals surface area contributed by atoms with Crippen LogP contribution in [0, 0.1) is 0 Å². The number of halogens is 8. The number of alkyl halides is 6. The highest BCUT2D eigenvalue weighted by Gasteiger charge is 2.39. The van der Waals surface area contributed by atoms with Crippen molar-refractivity contribution in [3.63, 3.8) is 0 Å². The maximum atomic E-state index is 12.9. The fourth-order valence-electron chi connectivity index (χ4n) is 4.01. The van der Waals surface area contributed by atoms with E-state index in [0.717, 1.165) is 16.7 Å². The maximum absolute atomic E-state index is 12.9. The molecule has 2 unspecified atom stereocenters. The highest BCUT2D eigenvalue weighted by molar-refractivity contribution is 7.21. The minimum atomic E-state index is -5.03. The number of aromatic amines is 1. The number of nitrogens with one attached hydrogen (secondary N) is 1. The summed E-state index contributed by atoms with van der Waals surface area (Å²) in [6.07, 6.45) is -12.4. The first-order chi connectivity index (χ1) is 20.3. The number of aromatic nitrogens is 3. The van der Waals surface area contributed by atoms with Gasteiger partial charge in [0.15, 0.2) is 11.8 Å². The zero-order chi connectivity index (χ0) is 33.1. The molecule has 7 nitrogen and oxygen atoms in total. The van der Waals surface area contributed by atoms with Gasteiger partial charge in [0.05, 0.1) is 6.54 Å². The third-order valence-corrected chi connectivity index (χ3v) is 8.14. The van der Waals surface area contributed by atoms with Crippen LogP contribution in [0.3, 0.4) is 0 Å². The van der Waals surface area contributed by atoms with Gasteiger partial charge in [-0.05, 0) is 47.6 Å². The fourth-order valence-corrected chi connectivity index (χ4v) is 5.59. The highest BCUT2D eigenvalue weighted by atomic mass is 35.5. The molecule has 0 aliphatic rings. The number of hydrogen-bond acceptors (Lipinski definition) is 6. The van der Waals surface area contributed by atoms with Crippen LogP contribution < -0.4 is 16.0 Å². The second-order valence-corrected chi connectivity index (χ2v) is 11.9. The number of rotatable bonds is 7. The summed E-state index contributed by atoms with van der Waals surface area (Å²) < 4.78 is 81.4. The molecule has 2 aromatic heterocycles. The second-order valence-electron chi connectivity index (χ2n) is 10.0. The Kier molecular flexibility index (Phi) is 11.2. The first-order valence-corrected chi connectivity index (χ1v) is 14.6. The van der Waals surface area contributed by atoms with Crippen molar-refractivity contribution in [3.8, 4) is 16.3 Å². The highest BCUT2D eigenvalue weighted by Crippen LogP contribution is 2.38. The molecule has 0 saturated heterocycles. The molecule has 0 amide bonds. The van der Waals surface area contributed by atoms with E-state index in [2.05, 4.69) is 23.6 Å². The molecule has 2 N–H and O–H groups in total. The Hall–Kier alpha value is -3.07. The molecule has 16 heteroatoms. The number of aliphatic hydroxyl groups excluding tert-OH is 1. The van der Waals surface area contributed by atoms with Gasteiger partial charge in [-0.25, -0.2) is 9.78 Å². The molecule has 0 aliphatic carbocycles. The standard InChI is InChI=1S/C19H17F6N3O4S.C9H10Cl2/c1-3-8(2)10-5-4-9(6-11(10)32-19(23,24)25)16-26-14-13(33-16)15(30)27-17(31)28(14)7-12(29)18(20,21)22;1-6(2)8-4-3-7(10)5-9(8)11/h4-6,8,12,29H,3,7H2,1-2H3,(H,27,30,31);3-6H,1-2H3. The predicted octanol–water partition coefficient (Wildman–Crippen LogP) is 8.27. The van der Waals surface area contributed by atoms with Crippen LogP contribution in [0.5, 0.6) is 5.75 Å². The maximum Gasteiger partial charge on any atom is 0.573 e. The van der Waals surface area contributed by atoms with E-state index in [9.17, 15) is 41.0 Å². The number of aliphatic hydroxyl groups is 1. The van der Waals surface area contributed by atoms with Crippen LogP contribution in [-0.2, 0) is 6.54 Å². The van der Waals surface area contributed by atoms with Gasteiger partial charge in [-0.1, -0.05) is 69.1 Å². The molecule has 4 aromatic rings. The number of hydrogen-bond donors (Lipinski definition) is 2. The van der Waals surface area contributed by atoms with Gasteiger partial charge in [-0.3, -0.25) is 14.3 Å². The van der Waals surface area contributed by atoms with Crippen molar-refractivity contribution in [3.05, 3.63) is 78.4 Å². The molecular weight excluding hydrogens is 659 g/mol. The summed E-state index contributed by atoms with van der Waals surface area (Å²) in [6.45, 7) is 6.48. The van der Waals surface area contributed by atoms with Crippen LogP contribution >= 0.6 is 34.5 Å². The summed E-state index contributed by atoms with van der Waals surface area (Å²) in [6, 6.07) is 9.51. The summed E-state index contributed by atoms with van der Waals surface area (Å²) in [5.74, 6) is -0.296. The predicted molar refractivity (Wildman–Crippen MR) is 158 cm³/mol. The van der Waals surface area contributed by atoms with Crippen LogP contribution in [0.25, 0.3) is 20.9 Å². The monoisotopic (exact) mass is 685 g/mol. The lowest BCUT2D eigenvalue weighted by Gasteiger charge is -2.17. The molecule has 0 radical (unpaired) electrons. The zero-order valence-electron chi connectivity index (χ0n) is 23.6. The normalized spacial score (nSPS) is 13.5. The molecular formula is C28H27Cl2F6N3O4S. The van der Waals surface area contributed by atoms with Crippen molar-refractivity contribution >= 4 is 44.9 Å². The van der Waals surface area contributed by atoms with Gasteiger partial charge in [0.1, 0.15) is 15.5 Å². The minimum Gasteiger partial charge on any atom is -0.405 e. The van der Waals surface area contributed by atoms with E-state index in [1.54, 1.807) is 19.9 Å². The van der Waals surface area contributed by atoms with Gasteiger partial charge in [0.25, 0.3) is 5.56 Å². The third-order valence-electron chi connectivity index (χ3n) is 6.48. The molecule has 0 aliphatic heterocycles. The van der Waals surface area contributed by atoms with E-state index in [-0.39, 0.29) is 26.8 Å². The zero-order valence-corrected chi connectivity index (χ0v) is 25.9. The lowest BCUT2D eigenvalue weighted by Crippen LogP contribution is -2.39. The Labute approximate surface area is 261 Å². The summed E-state index contributed by atoms with van der Waals surface area (Å²) in [5.41, 5.74) is -1.06. The SMILES string of the molecule is CC(C)c1ccc(Cl)cc1Cl.CCC(C)c1ccc(-c2nc3c(s2)c(=O)[nH]c(=O)n3CC(O)C(F)(F)F)cc1OC(F)(F)F. The molecule has 44 heavy (non-hydrogen) atoms. The molecule has 0 saturated carbocycles. The van der Waals surface area contributed by atoms with Gasteiger partial charge in [-0.15, -0.1) is 24.5 Å². The van der Waals surface area contributed by atoms with Crippen LogP contribution in [0.1, 0.15) is 57.1 Å². The first-order valence-electron chi connectivity index (χ1n) is 13.1. The number of H-pyrrole nitrogens is 1. The first kappa shape index (κ1) is 35.4. The largest absolute Gasteiger partial charge is 0.573 e. The lowest BCUT2D eigenvalue weighted by molar-refractivity contribution is -0.274. The number of fused-ring (bicyclic) bond motifs is 1. The van der Waals surface area contributed by atoms with Gasteiger partial charge < -0.3 is 9.84 Å². The van der Waals surface area contributed by atoms with Crippen molar-refractivity contribution < 1.29 is 36.2 Å². The molecule has 2 aromatic carbocycles. The van der Waals surface area contributed by atoms with Crippen LogP contribution in [0.15, 0.2) is 46.0 Å². The van der Waals surface area contributed by atoms with Crippen LogP contribution in [0.4, 0.5) is 26.3 Å². The number of benzene rings is 2. The van der Waals surface area contributed by atoms with Crippen LogP contribution in [-0.4, -0.2) is 38.3 Å². The van der Waals surface area contributed by atoms with Gasteiger partial charge in [0, 0.05) is 15.6 Å². The Morgan fingerprint density at radius 2 is 1.66 bits per heavy atom. The van der Waals surface area contributed by atoms with Gasteiger partial charge in [-0.2, -0.15) is 13.2 Å². The van der Waals surface area contributed by atoms with Crippen molar-refractivity contribution in [1.82, 2.24) is 14.5 Å². The molecule has 240 valence electrons. The lowest BCUT2D eigenvalue weighted by atomic mass is 9.96. The summed E-state index contributed by atoms with van der Waals surface area (Å²) in [4.78, 5) is 30.1. The van der Waals surface area contributed by atoms with E-state index >= 15 is 0 Å². The molecule has 2 atom stereocenters. The number of ether oxygens (including phenoxy) is 1. The molecule has 4 rings (SSSR count). The second kappa shape index (κ2) is 13.9. The summed E-state index contributed by atoms with van der Waals surface area (Å²) >= 11 is 12.3. The number of nitrogens with zero attached hydrogens (tertiary/aromatic N) is 2. The Bertz CT molecular complexity index is 1730. The van der Waals surface area contributed by atoms with Crippen molar-refractivity contribution in [1.29, 1.82) is 0 Å². The van der Waals surface area contributed by atoms with Gasteiger partial charge in [0.2, 0.25) is 0 Å². The topological polar surface area (TPSA) is 97.2 Å². The Morgan fingerprint density at radius 1 is 1.02 bits per heavy atom. The number of thiazole rings is 1. The smallest absolute Gasteiger partial charge is 0.405 e. The minimum absolute atomic E-state index is 0.0286. The average Bonchev–Trinajstić information content (AvgIpc) is 3.35. The Balaban J connectivity index is 0.000000404. The molecule has 0 bridgehead atoms. The van der Waals surface area contributed by atoms with Crippen molar-refractivity contribution in [2.45, 2.75) is 71.1 Å². The van der Waals surface area contributed by atoms with E-state index in [1.165, 1.54) is 12.1 Å². The van der Waals surface area contributed by atoms with E-state index < -0.39 is 47.8 Å². The summed E-state index contributed by atoms with van der Waals surface area (Å²) in [5, 5.41) is 10.8. The summed E-state index contributed by atoms with van der Waals surface area (Å²) in [7, 11) is 0. The Morgan fingerprint density at radius 3 is 2.20 bits per heavy atom. The quantitative estimate of drug-likeness (QED) is 0.191. The third kappa shape index (κ3) is 8.77.